The van der Waals surface area contributed by atoms with Gasteiger partial charge in [0.15, 0.2) is 0 Å². The van der Waals surface area contributed by atoms with Crippen LogP contribution in [0.3, 0.4) is 0 Å². The van der Waals surface area contributed by atoms with Crippen LogP contribution >= 0.6 is 15.9 Å². The van der Waals surface area contributed by atoms with E-state index in [9.17, 15) is 18.0 Å². The van der Waals surface area contributed by atoms with Gasteiger partial charge < -0.3 is 9.80 Å². The van der Waals surface area contributed by atoms with Crippen molar-refractivity contribution < 1.29 is 18.0 Å². The number of benzene rings is 1. The van der Waals surface area contributed by atoms with E-state index >= 15 is 0 Å². The maximum atomic E-state index is 12.9. The van der Waals surface area contributed by atoms with Crippen molar-refractivity contribution in [3.8, 4) is 0 Å². The first kappa shape index (κ1) is 21.3. The Balaban J connectivity index is 1.64. The highest BCUT2D eigenvalue weighted by Gasteiger charge is 2.36. The zero-order valence-electron chi connectivity index (χ0n) is 16.0. The molecule has 2 aliphatic heterocycles. The Kier molecular flexibility index (Phi) is 6.77. The van der Waals surface area contributed by atoms with Gasteiger partial charge in [-0.15, -0.1) is 0 Å². The van der Waals surface area contributed by atoms with Gasteiger partial charge in [0.2, 0.25) is 21.8 Å². The number of rotatable bonds is 4. The number of sulfonamides is 1. The molecule has 7 nitrogen and oxygen atoms in total. The lowest BCUT2D eigenvalue weighted by atomic mass is 9.97. The van der Waals surface area contributed by atoms with Crippen LogP contribution in [0.4, 0.5) is 0 Å². The van der Waals surface area contributed by atoms with E-state index in [1.807, 2.05) is 6.92 Å². The van der Waals surface area contributed by atoms with Crippen molar-refractivity contribution in [1.29, 1.82) is 0 Å². The number of carbonyl (C=O) groups is 2. The lowest BCUT2D eigenvalue weighted by Crippen LogP contribution is -2.54. The highest BCUT2D eigenvalue weighted by molar-refractivity contribution is 9.10. The summed E-state index contributed by atoms with van der Waals surface area (Å²) < 4.78 is 28.1. The first-order chi connectivity index (χ1) is 13.3. The minimum atomic E-state index is -3.61. The molecule has 3 rings (SSSR count). The molecule has 154 valence electrons. The van der Waals surface area contributed by atoms with E-state index in [2.05, 4.69) is 15.9 Å². The summed E-state index contributed by atoms with van der Waals surface area (Å²) in [5, 5.41) is 0. The first-order valence-electron chi connectivity index (χ1n) is 9.65. The Hall–Kier alpha value is -1.45. The molecule has 1 aromatic rings. The number of piperidine rings is 1. The van der Waals surface area contributed by atoms with E-state index in [0.717, 1.165) is 4.47 Å². The summed E-state index contributed by atoms with van der Waals surface area (Å²) in [6.45, 7) is 4.60. The second-order valence-electron chi connectivity index (χ2n) is 7.22. The molecule has 2 amide bonds. The summed E-state index contributed by atoms with van der Waals surface area (Å²) in [5.74, 6) is -0.219. The van der Waals surface area contributed by atoms with Gasteiger partial charge in [-0.05, 0) is 37.1 Å². The van der Waals surface area contributed by atoms with Crippen molar-refractivity contribution in [3.05, 3.63) is 28.7 Å². The average Bonchev–Trinajstić information content (AvgIpc) is 2.73. The monoisotopic (exact) mass is 471 g/mol. The third-order valence-electron chi connectivity index (χ3n) is 5.43. The van der Waals surface area contributed by atoms with Crippen LogP contribution in [-0.2, 0) is 19.6 Å². The van der Waals surface area contributed by atoms with Crippen LogP contribution in [-0.4, -0.2) is 73.6 Å². The van der Waals surface area contributed by atoms with E-state index in [1.165, 1.54) is 4.31 Å². The number of amides is 2. The van der Waals surface area contributed by atoms with Gasteiger partial charge in [-0.3, -0.25) is 9.59 Å². The van der Waals surface area contributed by atoms with E-state index in [-0.39, 0.29) is 29.2 Å². The SMILES string of the molecule is CCC(=O)N1CCN(C(=O)C2CCCN(S(=O)(=O)c3ccc(Br)cc3)C2)CC1. The summed E-state index contributed by atoms with van der Waals surface area (Å²) in [5.41, 5.74) is 0. The van der Waals surface area contributed by atoms with E-state index in [1.54, 1.807) is 34.1 Å². The molecule has 0 saturated carbocycles. The number of nitrogens with zero attached hydrogens (tertiary/aromatic N) is 3. The van der Waals surface area contributed by atoms with E-state index < -0.39 is 10.0 Å². The summed E-state index contributed by atoms with van der Waals surface area (Å²) in [6.07, 6.45) is 1.83. The second kappa shape index (κ2) is 8.92. The normalized spacial score (nSPS) is 21.6. The fraction of sp³-hybridized carbons (Fsp3) is 0.579. The maximum Gasteiger partial charge on any atom is 0.243 e. The number of halogens is 1. The summed E-state index contributed by atoms with van der Waals surface area (Å²) >= 11 is 3.32. The maximum absolute atomic E-state index is 12.9. The third kappa shape index (κ3) is 4.58. The molecular weight excluding hydrogens is 446 g/mol. The largest absolute Gasteiger partial charge is 0.339 e. The molecule has 0 N–H and O–H groups in total. The molecule has 1 unspecified atom stereocenters. The van der Waals surface area contributed by atoms with Crippen LogP contribution in [0.2, 0.25) is 0 Å². The third-order valence-corrected chi connectivity index (χ3v) is 7.84. The van der Waals surface area contributed by atoms with Crippen LogP contribution < -0.4 is 0 Å². The second-order valence-corrected chi connectivity index (χ2v) is 10.1. The molecule has 2 aliphatic rings. The molecule has 2 heterocycles. The Morgan fingerprint density at radius 3 is 2.25 bits per heavy atom. The zero-order chi connectivity index (χ0) is 20.3. The highest BCUT2D eigenvalue weighted by atomic mass is 79.9. The molecule has 0 spiro atoms. The van der Waals surface area contributed by atoms with Crippen LogP contribution in [0.5, 0.6) is 0 Å². The van der Waals surface area contributed by atoms with E-state index in [4.69, 9.17) is 0 Å². The lowest BCUT2D eigenvalue weighted by Gasteiger charge is -2.38. The molecule has 1 atom stereocenters. The van der Waals surface area contributed by atoms with Crippen molar-refractivity contribution in [2.45, 2.75) is 31.1 Å². The fourth-order valence-electron chi connectivity index (χ4n) is 3.78. The van der Waals surface area contributed by atoms with Crippen molar-refractivity contribution in [1.82, 2.24) is 14.1 Å². The lowest BCUT2D eigenvalue weighted by molar-refractivity contribution is -0.142. The smallest absolute Gasteiger partial charge is 0.243 e. The van der Waals surface area contributed by atoms with Crippen molar-refractivity contribution in [3.63, 3.8) is 0 Å². The molecule has 2 saturated heterocycles. The molecular formula is C19H26BrN3O4S. The average molecular weight is 472 g/mol. The zero-order valence-corrected chi connectivity index (χ0v) is 18.4. The van der Waals surface area contributed by atoms with Crippen LogP contribution in [0.25, 0.3) is 0 Å². The Bertz CT molecular complexity index is 820. The number of piperazine rings is 1. The minimum Gasteiger partial charge on any atom is -0.339 e. The van der Waals surface area contributed by atoms with Gasteiger partial charge in [0.05, 0.1) is 10.8 Å². The Morgan fingerprint density at radius 1 is 1.04 bits per heavy atom. The van der Waals surface area contributed by atoms with Crippen molar-refractivity contribution >= 4 is 37.8 Å². The van der Waals surface area contributed by atoms with Gasteiger partial charge in [0.25, 0.3) is 0 Å². The van der Waals surface area contributed by atoms with Gasteiger partial charge in [-0.1, -0.05) is 22.9 Å². The molecule has 0 bridgehead atoms. The number of hydrogen-bond acceptors (Lipinski definition) is 4. The van der Waals surface area contributed by atoms with Crippen LogP contribution in [0.1, 0.15) is 26.2 Å². The molecule has 1 aromatic carbocycles. The van der Waals surface area contributed by atoms with Crippen molar-refractivity contribution in [2.24, 2.45) is 5.92 Å². The Morgan fingerprint density at radius 2 is 1.64 bits per heavy atom. The summed E-state index contributed by atoms with van der Waals surface area (Å²) in [6, 6.07) is 6.57. The predicted octanol–water partition coefficient (Wildman–Crippen LogP) is 1.93. The van der Waals surface area contributed by atoms with Crippen LogP contribution in [0, 0.1) is 5.92 Å². The predicted molar refractivity (Wildman–Crippen MR) is 109 cm³/mol. The van der Waals surface area contributed by atoms with E-state index in [0.29, 0.717) is 52.0 Å². The fourth-order valence-corrected chi connectivity index (χ4v) is 5.56. The molecule has 28 heavy (non-hydrogen) atoms. The topological polar surface area (TPSA) is 78.0 Å². The van der Waals surface area contributed by atoms with Gasteiger partial charge in [-0.2, -0.15) is 4.31 Å². The highest BCUT2D eigenvalue weighted by Crippen LogP contribution is 2.26. The minimum absolute atomic E-state index is 0.000645. The molecule has 0 aromatic heterocycles. The Labute approximate surface area is 174 Å². The molecule has 9 heteroatoms. The van der Waals surface area contributed by atoms with Gasteiger partial charge in [0.1, 0.15) is 0 Å². The van der Waals surface area contributed by atoms with Gasteiger partial charge in [0, 0.05) is 50.2 Å². The molecule has 0 radical (unpaired) electrons. The van der Waals surface area contributed by atoms with Crippen LogP contribution in [0.15, 0.2) is 33.6 Å². The molecule has 2 fully saturated rings. The first-order valence-corrected chi connectivity index (χ1v) is 11.9. The molecule has 0 aliphatic carbocycles. The standard InChI is InChI=1S/C19H26BrN3O4S/c1-2-18(24)21-10-12-22(13-11-21)19(25)15-4-3-9-23(14-15)28(26,27)17-7-5-16(20)6-8-17/h5-8,15H,2-4,9-14H2,1H3. The van der Waals surface area contributed by atoms with Crippen molar-refractivity contribution in [2.75, 3.05) is 39.3 Å². The van der Waals surface area contributed by atoms with Gasteiger partial charge in [-0.25, -0.2) is 8.42 Å². The van der Waals surface area contributed by atoms with Gasteiger partial charge >= 0.3 is 0 Å². The number of hydrogen-bond donors (Lipinski definition) is 0. The summed E-state index contributed by atoms with van der Waals surface area (Å²) in [7, 11) is -3.61. The summed E-state index contributed by atoms with van der Waals surface area (Å²) in [4.78, 5) is 28.6. The quantitative estimate of drug-likeness (QED) is 0.671. The number of carbonyl (C=O) groups excluding carboxylic acids is 2.